The Kier molecular flexibility index (Phi) is 18.0. The van der Waals surface area contributed by atoms with Crippen molar-refractivity contribution >= 4 is 61.0 Å². The Morgan fingerprint density at radius 1 is 0.735 bits per heavy atom. The molecule has 1 N–H and O–H groups in total. The number of nitrogens with zero attached hydrogens (tertiary/aromatic N) is 4. The minimum atomic E-state index is -3.61. The van der Waals surface area contributed by atoms with Crippen LogP contribution in [0.15, 0.2) is 76.7 Å². The van der Waals surface area contributed by atoms with Crippen molar-refractivity contribution in [3.05, 3.63) is 127 Å². The number of Topliss-reactive ketones (excluding diaryl/α,β-unsaturated/α-hetero) is 2. The Morgan fingerprint density at radius 2 is 1.34 bits per heavy atom. The molecule has 0 aliphatic carbocycles. The number of H-pyrrole nitrogens is 1. The highest BCUT2D eigenvalue weighted by molar-refractivity contribution is 7.90. The first-order chi connectivity index (χ1) is 32.8. The molecule has 0 radical (unpaired) electrons. The van der Waals surface area contributed by atoms with Crippen LogP contribution < -0.4 is 0 Å². The fraction of sp³-hybridized carbons (Fsp3) is 0.431. The Labute approximate surface area is 407 Å². The zero-order valence-electron chi connectivity index (χ0n) is 39.4. The van der Waals surface area contributed by atoms with Crippen LogP contribution in [0.2, 0.25) is 5.02 Å². The number of carbonyl (C=O) groups excluding carboxylic acids is 2. The summed E-state index contributed by atoms with van der Waals surface area (Å²) in [6.07, 6.45) is 3.88. The van der Waals surface area contributed by atoms with E-state index >= 15 is 0 Å². The Bertz CT molecular complexity index is 2820. The van der Waals surface area contributed by atoms with Crippen LogP contribution in [0.5, 0.6) is 0 Å². The molecule has 1 atom stereocenters. The van der Waals surface area contributed by atoms with E-state index in [-0.39, 0.29) is 35.1 Å². The van der Waals surface area contributed by atoms with Gasteiger partial charge in [0.1, 0.15) is 22.7 Å². The van der Waals surface area contributed by atoms with E-state index in [2.05, 4.69) is 33.6 Å². The Balaban J connectivity index is 0.690. The molecule has 0 spiro atoms. The maximum Gasteiger partial charge on any atom is 0.182 e. The SMILES string of the molecule is Cc1sc2c(c1C)C(c1ccc(Cl)cc1)=N[C@@H](CC(=O)CCCOCCOCCOCCOCCOCCCC(=O)c1ccc(S(=O)(=O)Cc3ccc(C)c4c(C)c[nH]c34)cc1)c1nnc(C)n1-2. The Hall–Kier alpha value is -4.91. The zero-order chi connectivity index (χ0) is 48.2. The fourth-order valence-electron chi connectivity index (χ4n) is 8.21. The highest BCUT2D eigenvalue weighted by atomic mass is 35.5. The van der Waals surface area contributed by atoms with E-state index in [4.69, 9.17) is 40.3 Å². The molecule has 0 saturated carbocycles. The van der Waals surface area contributed by atoms with E-state index in [1.165, 1.54) is 17.0 Å². The number of hydrogen-bond donors (Lipinski definition) is 1. The molecule has 6 aromatic rings. The van der Waals surface area contributed by atoms with Gasteiger partial charge >= 0.3 is 0 Å². The summed E-state index contributed by atoms with van der Waals surface area (Å²) >= 11 is 7.91. The van der Waals surface area contributed by atoms with E-state index in [0.29, 0.717) is 107 Å². The second kappa shape index (κ2) is 24.1. The Morgan fingerprint density at radius 3 is 1.97 bits per heavy atom. The molecule has 0 unspecified atom stereocenters. The van der Waals surface area contributed by atoms with Gasteiger partial charge in [-0.15, -0.1) is 21.5 Å². The highest BCUT2D eigenvalue weighted by Gasteiger charge is 2.32. The molecule has 14 nitrogen and oxygen atoms in total. The third-order valence-corrected chi connectivity index (χ3v) is 15.0. The van der Waals surface area contributed by atoms with Gasteiger partial charge in [-0.25, -0.2) is 8.42 Å². The molecule has 0 amide bonds. The summed E-state index contributed by atoms with van der Waals surface area (Å²) in [5.74, 6) is 1.30. The number of aliphatic imine (C=N–C) groups is 1. The van der Waals surface area contributed by atoms with E-state index in [1.807, 2.05) is 63.4 Å². The first-order valence-corrected chi connectivity index (χ1v) is 25.9. The lowest BCUT2D eigenvalue weighted by Crippen LogP contribution is -2.14. The van der Waals surface area contributed by atoms with Gasteiger partial charge in [0.2, 0.25) is 0 Å². The number of thiophene rings is 1. The number of fused-ring (bicyclic) bond motifs is 4. The van der Waals surface area contributed by atoms with E-state index < -0.39 is 15.9 Å². The normalized spacial score (nSPS) is 13.7. The number of rotatable bonds is 27. The molecule has 0 bridgehead atoms. The average molecular weight is 987 g/mol. The van der Waals surface area contributed by atoms with E-state index in [0.717, 1.165) is 55.3 Å². The number of aryl methyl sites for hydroxylation is 4. The van der Waals surface area contributed by atoms with Gasteiger partial charge < -0.3 is 28.7 Å². The molecule has 3 aromatic heterocycles. The average Bonchev–Trinajstić information content (AvgIpc) is 3.97. The number of ether oxygens (including phenoxy) is 5. The summed E-state index contributed by atoms with van der Waals surface area (Å²) in [6, 6.07) is 17.1. The van der Waals surface area contributed by atoms with E-state index in [1.54, 1.807) is 23.5 Å². The van der Waals surface area contributed by atoms with Crippen LogP contribution in [0.3, 0.4) is 0 Å². The standard InChI is InChI=1S/C51H60ClN5O9S2/c1-33-10-11-40(48-46(33)34(2)31-53-48)32-68(60,61)43-18-14-38(15-19-43)45(59)9-7-21-63-23-25-65-27-29-66-28-26-64-24-22-62-20-6-8-42(58)30-44-50-56-55-37(5)57(50)51-47(35(3)36(4)67-51)49(54-44)39-12-16-41(52)17-13-39/h10-19,31,44,53H,6-9,20-30,32H2,1-5H3/t44-/m0/s1. The van der Waals surface area contributed by atoms with Gasteiger partial charge in [-0.1, -0.05) is 48.0 Å². The molecule has 17 heteroatoms. The fourth-order valence-corrected chi connectivity index (χ4v) is 10.9. The molecule has 0 fully saturated rings. The molecular formula is C51H60ClN5O9S2. The summed E-state index contributed by atoms with van der Waals surface area (Å²) in [7, 11) is -3.61. The van der Waals surface area contributed by atoms with Crippen molar-refractivity contribution in [2.24, 2.45) is 4.99 Å². The molecule has 3 aromatic carbocycles. The number of ketones is 2. The van der Waals surface area contributed by atoms with Crippen molar-refractivity contribution in [1.82, 2.24) is 19.7 Å². The van der Waals surface area contributed by atoms with Gasteiger partial charge in [0.25, 0.3) is 0 Å². The number of aromatic amines is 1. The lowest BCUT2D eigenvalue weighted by molar-refractivity contribution is -0.119. The first-order valence-electron chi connectivity index (χ1n) is 23.0. The van der Waals surface area contributed by atoms with Gasteiger partial charge in [0, 0.05) is 70.6 Å². The number of hydrogen-bond acceptors (Lipinski definition) is 13. The largest absolute Gasteiger partial charge is 0.379 e. The van der Waals surface area contributed by atoms with Crippen LogP contribution >= 0.6 is 22.9 Å². The summed E-state index contributed by atoms with van der Waals surface area (Å²) < 4.78 is 56.7. The van der Waals surface area contributed by atoms with Gasteiger partial charge in [-0.3, -0.25) is 19.1 Å². The molecule has 68 heavy (non-hydrogen) atoms. The number of carbonyl (C=O) groups is 2. The quantitative estimate of drug-likeness (QED) is 0.0385. The third kappa shape index (κ3) is 12.8. The molecule has 7 rings (SSSR count). The van der Waals surface area contributed by atoms with Crippen molar-refractivity contribution in [2.45, 2.75) is 83.4 Å². The minimum absolute atomic E-state index is 0.0676. The zero-order valence-corrected chi connectivity index (χ0v) is 41.8. The highest BCUT2D eigenvalue weighted by Crippen LogP contribution is 2.40. The lowest BCUT2D eigenvalue weighted by atomic mass is 9.99. The second-order valence-electron chi connectivity index (χ2n) is 16.9. The number of nitrogens with one attached hydrogen (secondary N) is 1. The van der Waals surface area contributed by atoms with Crippen LogP contribution in [0, 0.1) is 34.6 Å². The second-order valence-corrected chi connectivity index (χ2v) is 20.5. The molecule has 1 aliphatic heterocycles. The van der Waals surface area contributed by atoms with Gasteiger partial charge in [-0.05, 0) is 94.0 Å². The number of halogens is 1. The van der Waals surface area contributed by atoms with Gasteiger partial charge in [-0.2, -0.15) is 0 Å². The maximum atomic E-state index is 13.3. The van der Waals surface area contributed by atoms with Crippen molar-refractivity contribution < 1.29 is 41.7 Å². The summed E-state index contributed by atoms with van der Waals surface area (Å²) in [4.78, 5) is 35.8. The maximum absolute atomic E-state index is 13.3. The summed E-state index contributed by atoms with van der Waals surface area (Å²) in [5, 5.41) is 11.6. The van der Waals surface area contributed by atoms with Crippen LogP contribution in [0.25, 0.3) is 15.9 Å². The van der Waals surface area contributed by atoms with Gasteiger partial charge in [0.15, 0.2) is 21.4 Å². The molecule has 4 heterocycles. The predicted molar refractivity (Wildman–Crippen MR) is 265 cm³/mol. The number of aromatic nitrogens is 4. The van der Waals surface area contributed by atoms with E-state index in [9.17, 15) is 18.0 Å². The van der Waals surface area contributed by atoms with Crippen LogP contribution in [0.1, 0.15) is 98.4 Å². The lowest BCUT2D eigenvalue weighted by Gasteiger charge is -2.12. The van der Waals surface area contributed by atoms with Crippen LogP contribution in [0.4, 0.5) is 0 Å². The van der Waals surface area contributed by atoms with Crippen molar-refractivity contribution in [3.8, 4) is 5.00 Å². The first kappa shape index (κ1) is 51.0. The molecular weight excluding hydrogens is 926 g/mol. The third-order valence-electron chi connectivity index (χ3n) is 11.9. The van der Waals surface area contributed by atoms with Crippen molar-refractivity contribution in [3.63, 3.8) is 0 Å². The number of benzene rings is 3. The molecule has 1 aliphatic rings. The van der Waals surface area contributed by atoms with Crippen LogP contribution in [-0.2, 0) is 44.1 Å². The van der Waals surface area contributed by atoms with Crippen molar-refractivity contribution in [2.75, 3.05) is 66.1 Å². The molecule has 0 saturated heterocycles. The number of sulfone groups is 1. The van der Waals surface area contributed by atoms with Gasteiger partial charge in [0.05, 0.1) is 74.7 Å². The van der Waals surface area contributed by atoms with Crippen LogP contribution in [-0.4, -0.2) is 112 Å². The van der Waals surface area contributed by atoms with Crippen molar-refractivity contribution in [1.29, 1.82) is 0 Å². The summed E-state index contributed by atoms with van der Waals surface area (Å²) in [6.45, 7) is 14.3. The molecule has 362 valence electrons. The monoisotopic (exact) mass is 985 g/mol. The smallest absolute Gasteiger partial charge is 0.182 e. The summed E-state index contributed by atoms with van der Waals surface area (Å²) in [5.41, 5.74) is 8.14. The predicted octanol–water partition coefficient (Wildman–Crippen LogP) is 9.36. The minimum Gasteiger partial charge on any atom is -0.379 e. The topological polar surface area (TPSA) is 173 Å².